The van der Waals surface area contributed by atoms with Crippen molar-refractivity contribution in [3.63, 3.8) is 0 Å². The van der Waals surface area contributed by atoms with Gasteiger partial charge in [0.1, 0.15) is 5.82 Å². The van der Waals surface area contributed by atoms with Crippen molar-refractivity contribution in [2.75, 3.05) is 18.4 Å². The summed E-state index contributed by atoms with van der Waals surface area (Å²) in [5.74, 6) is -0.384. The first-order chi connectivity index (χ1) is 11.6. The summed E-state index contributed by atoms with van der Waals surface area (Å²) < 4.78 is 12.8. The molecule has 2 N–H and O–H groups in total. The van der Waals surface area contributed by atoms with Gasteiger partial charge in [-0.25, -0.2) is 9.18 Å². The number of halogens is 1. The van der Waals surface area contributed by atoms with Gasteiger partial charge in [-0.3, -0.25) is 4.79 Å². The fourth-order valence-corrected chi connectivity index (χ4v) is 2.71. The predicted molar refractivity (Wildman–Crippen MR) is 89.3 cm³/mol. The molecule has 2 aromatic carbocycles. The van der Waals surface area contributed by atoms with Crippen LogP contribution in [0.15, 0.2) is 54.6 Å². The Balaban J connectivity index is 1.51. The fraction of sp³-hybridized carbons (Fsp3) is 0.222. The van der Waals surface area contributed by atoms with E-state index in [9.17, 15) is 14.0 Å². The highest BCUT2D eigenvalue weighted by Gasteiger charge is 2.27. The van der Waals surface area contributed by atoms with E-state index in [0.29, 0.717) is 30.8 Å². The van der Waals surface area contributed by atoms with Crippen LogP contribution in [-0.4, -0.2) is 36.0 Å². The summed E-state index contributed by atoms with van der Waals surface area (Å²) in [7, 11) is 0. The van der Waals surface area contributed by atoms with Gasteiger partial charge >= 0.3 is 6.03 Å². The van der Waals surface area contributed by atoms with Crippen LogP contribution in [-0.2, 0) is 0 Å². The number of likely N-dealkylation sites (tertiary alicyclic amines) is 1. The van der Waals surface area contributed by atoms with Gasteiger partial charge in [0.2, 0.25) is 0 Å². The molecule has 2 aromatic rings. The maximum atomic E-state index is 12.8. The Bertz CT molecular complexity index is 719. The van der Waals surface area contributed by atoms with Gasteiger partial charge in [-0.15, -0.1) is 0 Å². The van der Waals surface area contributed by atoms with Crippen molar-refractivity contribution in [1.82, 2.24) is 10.2 Å². The minimum absolute atomic E-state index is 0.0288. The minimum atomic E-state index is -0.361. The van der Waals surface area contributed by atoms with Crippen molar-refractivity contribution in [1.29, 1.82) is 0 Å². The van der Waals surface area contributed by atoms with Crippen molar-refractivity contribution in [2.24, 2.45) is 0 Å². The van der Waals surface area contributed by atoms with Gasteiger partial charge in [0.15, 0.2) is 0 Å². The summed E-state index contributed by atoms with van der Waals surface area (Å²) in [4.78, 5) is 26.1. The number of carbonyl (C=O) groups excluding carboxylic acids is 2. The highest BCUT2D eigenvalue weighted by molar-refractivity contribution is 5.94. The molecule has 24 heavy (non-hydrogen) atoms. The molecule has 0 aliphatic carbocycles. The van der Waals surface area contributed by atoms with Crippen LogP contribution < -0.4 is 10.6 Å². The molecule has 124 valence electrons. The normalized spacial score (nSPS) is 16.7. The van der Waals surface area contributed by atoms with Crippen molar-refractivity contribution >= 4 is 17.6 Å². The average Bonchev–Trinajstić information content (AvgIpc) is 3.05. The van der Waals surface area contributed by atoms with Crippen LogP contribution in [0, 0.1) is 5.82 Å². The highest BCUT2D eigenvalue weighted by atomic mass is 19.1. The molecular formula is C18H18FN3O2. The van der Waals surface area contributed by atoms with E-state index in [0.717, 1.165) is 0 Å². The molecule has 1 atom stereocenters. The number of hydrogen-bond donors (Lipinski definition) is 2. The lowest BCUT2D eigenvalue weighted by molar-refractivity contribution is 0.0789. The maximum Gasteiger partial charge on any atom is 0.319 e. The van der Waals surface area contributed by atoms with E-state index in [-0.39, 0.29) is 23.8 Å². The first kappa shape index (κ1) is 16.0. The van der Waals surface area contributed by atoms with Crippen molar-refractivity contribution in [3.8, 4) is 0 Å². The lowest BCUT2D eigenvalue weighted by Gasteiger charge is -2.17. The molecule has 0 saturated carbocycles. The molecule has 5 nitrogen and oxygen atoms in total. The summed E-state index contributed by atoms with van der Waals surface area (Å²) in [6, 6.07) is 14.2. The second kappa shape index (κ2) is 7.12. The van der Waals surface area contributed by atoms with Gasteiger partial charge in [-0.2, -0.15) is 0 Å². The van der Waals surface area contributed by atoms with Crippen LogP contribution in [0.4, 0.5) is 14.9 Å². The first-order valence-electron chi connectivity index (χ1n) is 7.79. The molecule has 0 radical (unpaired) electrons. The number of anilines is 1. The number of urea groups is 1. The van der Waals surface area contributed by atoms with E-state index in [1.165, 1.54) is 24.3 Å². The molecule has 1 fully saturated rings. The lowest BCUT2D eigenvalue weighted by Crippen LogP contribution is -2.40. The van der Waals surface area contributed by atoms with E-state index >= 15 is 0 Å². The molecule has 3 amide bonds. The Kier molecular flexibility index (Phi) is 4.74. The number of carbonyl (C=O) groups is 2. The maximum absolute atomic E-state index is 12.8. The number of rotatable bonds is 3. The largest absolute Gasteiger partial charge is 0.337 e. The number of nitrogens with zero attached hydrogens (tertiary/aromatic N) is 1. The van der Waals surface area contributed by atoms with Crippen LogP contribution in [0.25, 0.3) is 0 Å². The average molecular weight is 327 g/mol. The van der Waals surface area contributed by atoms with Gasteiger partial charge < -0.3 is 15.5 Å². The second-order valence-corrected chi connectivity index (χ2v) is 5.71. The van der Waals surface area contributed by atoms with E-state index in [4.69, 9.17) is 0 Å². The molecule has 0 bridgehead atoms. The van der Waals surface area contributed by atoms with Crippen LogP contribution >= 0.6 is 0 Å². The zero-order valence-electron chi connectivity index (χ0n) is 13.0. The molecule has 0 unspecified atom stereocenters. The third-order valence-corrected chi connectivity index (χ3v) is 3.93. The Morgan fingerprint density at radius 1 is 1.04 bits per heavy atom. The number of hydrogen-bond acceptors (Lipinski definition) is 2. The van der Waals surface area contributed by atoms with Gasteiger partial charge in [0.25, 0.3) is 5.91 Å². The molecule has 1 heterocycles. The van der Waals surface area contributed by atoms with E-state index in [2.05, 4.69) is 10.6 Å². The molecule has 1 saturated heterocycles. The second-order valence-electron chi connectivity index (χ2n) is 5.71. The molecule has 0 spiro atoms. The Morgan fingerprint density at radius 3 is 2.46 bits per heavy atom. The third-order valence-electron chi connectivity index (χ3n) is 3.93. The minimum Gasteiger partial charge on any atom is -0.337 e. The van der Waals surface area contributed by atoms with Gasteiger partial charge in [0, 0.05) is 30.4 Å². The molecule has 3 rings (SSSR count). The molecule has 0 aromatic heterocycles. The molecular weight excluding hydrogens is 309 g/mol. The molecule has 1 aliphatic rings. The van der Waals surface area contributed by atoms with Gasteiger partial charge in [-0.1, -0.05) is 18.2 Å². The Morgan fingerprint density at radius 2 is 1.75 bits per heavy atom. The summed E-state index contributed by atoms with van der Waals surface area (Å²) in [5.41, 5.74) is 1.16. The van der Waals surface area contributed by atoms with Crippen LogP contribution in [0.2, 0.25) is 0 Å². The standard InChI is InChI=1S/C18H18FN3O2/c19-14-6-8-15(9-7-14)20-18(24)21-16-10-11-22(12-16)17(23)13-4-2-1-3-5-13/h1-9,16H,10-12H2,(H2,20,21,24)/t16-/m1/s1. The van der Waals surface area contributed by atoms with E-state index in [1.807, 2.05) is 18.2 Å². The number of benzene rings is 2. The molecule has 6 heteroatoms. The van der Waals surface area contributed by atoms with Crippen molar-refractivity contribution < 1.29 is 14.0 Å². The number of nitrogens with one attached hydrogen (secondary N) is 2. The Hall–Kier alpha value is -2.89. The van der Waals surface area contributed by atoms with Crippen LogP contribution in [0.1, 0.15) is 16.8 Å². The number of amides is 3. The predicted octanol–water partition coefficient (Wildman–Crippen LogP) is 2.86. The van der Waals surface area contributed by atoms with Crippen LogP contribution in [0.5, 0.6) is 0 Å². The smallest absolute Gasteiger partial charge is 0.319 e. The Labute approximate surface area is 139 Å². The lowest BCUT2D eigenvalue weighted by atomic mass is 10.2. The zero-order valence-corrected chi connectivity index (χ0v) is 13.0. The zero-order chi connectivity index (χ0) is 16.9. The quantitative estimate of drug-likeness (QED) is 0.910. The van der Waals surface area contributed by atoms with Gasteiger partial charge in [0.05, 0.1) is 0 Å². The molecule has 1 aliphatic heterocycles. The summed E-state index contributed by atoms with van der Waals surface area (Å²) in [6.45, 7) is 1.08. The van der Waals surface area contributed by atoms with Crippen molar-refractivity contribution in [3.05, 3.63) is 66.0 Å². The summed E-state index contributed by atoms with van der Waals surface area (Å²) in [5, 5.41) is 5.49. The van der Waals surface area contributed by atoms with E-state index in [1.54, 1.807) is 17.0 Å². The monoisotopic (exact) mass is 327 g/mol. The van der Waals surface area contributed by atoms with Crippen LogP contribution in [0.3, 0.4) is 0 Å². The third kappa shape index (κ3) is 3.90. The fourth-order valence-electron chi connectivity index (χ4n) is 2.71. The SMILES string of the molecule is O=C(Nc1ccc(F)cc1)N[C@@H]1CCN(C(=O)c2ccccc2)C1. The highest BCUT2D eigenvalue weighted by Crippen LogP contribution is 2.14. The summed E-state index contributed by atoms with van der Waals surface area (Å²) >= 11 is 0. The van der Waals surface area contributed by atoms with Gasteiger partial charge in [-0.05, 0) is 42.8 Å². The summed E-state index contributed by atoms with van der Waals surface area (Å²) in [6.07, 6.45) is 0.704. The first-order valence-corrected chi connectivity index (χ1v) is 7.79. The van der Waals surface area contributed by atoms with Crippen molar-refractivity contribution in [2.45, 2.75) is 12.5 Å². The van der Waals surface area contributed by atoms with E-state index < -0.39 is 0 Å². The topological polar surface area (TPSA) is 61.4 Å².